The summed E-state index contributed by atoms with van der Waals surface area (Å²) >= 11 is 0. The normalized spacial score (nSPS) is 10.3. The summed E-state index contributed by atoms with van der Waals surface area (Å²) in [7, 11) is 0. The van der Waals surface area contributed by atoms with Gasteiger partial charge in [0.25, 0.3) is 11.2 Å². The van der Waals surface area contributed by atoms with Crippen LogP contribution in [0.4, 0.5) is 5.69 Å². The molecule has 1 aromatic heterocycles. The van der Waals surface area contributed by atoms with E-state index in [1.807, 2.05) is 6.92 Å². The van der Waals surface area contributed by atoms with Crippen LogP contribution >= 0.6 is 0 Å². The third-order valence-corrected chi connectivity index (χ3v) is 2.94. The molecule has 0 spiro atoms. The Labute approximate surface area is 120 Å². The molecule has 0 atom stereocenters. The van der Waals surface area contributed by atoms with E-state index in [4.69, 9.17) is 0 Å². The summed E-state index contributed by atoms with van der Waals surface area (Å²) in [5, 5.41) is 14.8. The van der Waals surface area contributed by atoms with Gasteiger partial charge in [0.2, 0.25) is 0 Å². The third kappa shape index (κ3) is 3.02. The van der Waals surface area contributed by atoms with Crippen LogP contribution in [-0.2, 0) is 6.54 Å². The van der Waals surface area contributed by atoms with E-state index in [1.165, 1.54) is 35.0 Å². The maximum atomic E-state index is 11.9. The van der Waals surface area contributed by atoms with Crippen LogP contribution in [-0.4, -0.2) is 21.0 Å². The van der Waals surface area contributed by atoms with E-state index in [2.05, 4.69) is 5.10 Å². The standard InChI is InChI=1S/C14H13N3O4/c1-2-7-16-14(19)11(9-18)8-13(15-16)10-3-5-12(6-4-10)17(20)21/h3-6,8-9H,2,7H2,1H3. The van der Waals surface area contributed by atoms with Gasteiger partial charge >= 0.3 is 0 Å². The zero-order valence-electron chi connectivity index (χ0n) is 11.4. The van der Waals surface area contributed by atoms with Crippen molar-refractivity contribution in [1.82, 2.24) is 9.78 Å². The Balaban J connectivity index is 2.52. The molecule has 0 aliphatic heterocycles. The van der Waals surface area contributed by atoms with Crippen LogP contribution in [0.1, 0.15) is 23.7 Å². The average molecular weight is 287 g/mol. The SMILES string of the molecule is CCCn1nc(-c2ccc([N+](=O)[O-])cc2)cc(C=O)c1=O. The molecule has 2 rings (SSSR count). The zero-order chi connectivity index (χ0) is 15.4. The van der Waals surface area contributed by atoms with Crippen LogP contribution in [0.25, 0.3) is 11.3 Å². The molecule has 0 N–H and O–H groups in total. The second-order valence-corrected chi connectivity index (χ2v) is 4.44. The van der Waals surface area contributed by atoms with Crippen LogP contribution in [0.15, 0.2) is 35.1 Å². The van der Waals surface area contributed by atoms with Crippen molar-refractivity contribution in [2.75, 3.05) is 0 Å². The van der Waals surface area contributed by atoms with Gasteiger partial charge in [-0.2, -0.15) is 5.10 Å². The number of nitro groups is 1. The molecular formula is C14H13N3O4. The van der Waals surface area contributed by atoms with Crippen molar-refractivity contribution in [2.24, 2.45) is 0 Å². The highest BCUT2D eigenvalue weighted by Gasteiger charge is 2.11. The maximum Gasteiger partial charge on any atom is 0.277 e. The van der Waals surface area contributed by atoms with E-state index in [0.717, 1.165) is 0 Å². The van der Waals surface area contributed by atoms with Crippen LogP contribution in [0.2, 0.25) is 0 Å². The molecule has 0 unspecified atom stereocenters. The summed E-state index contributed by atoms with van der Waals surface area (Å²) in [4.78, 5) is 33.0. The van der Waals surface area contributed by atoms with Crippen molar-refractivity contribution < 1.29 is 9.72 Å². The Morgan fingerprint density at radius 3 is 2.52 bits per heavy atom. The molecule has 0 bridgehead atoms. The van der Waals surface area contributed by atoms with Crippen molar-refractivity contribution in [2.45, 2.75) is 19.9 Å². The number of carbonyl (C=O) groups is 1. The number of hydrogen-bond donors (Lipinski definition) is 0. The highest BCUT2D eigenvalue weighted by molar-refractivity contribution is 5.77. The Kier molecular flexibility index (Phi) is 4.22. The first kappa shape index (κ1) is 14.6. The van der Waals surface area contributed by atoms with Gasteiger partial charge in [-0.1, -0.05) is 6.92 Å². The monoisotopic (exact) mass is 287 g/mol. The fourth-order valence-corrected chi connectivity index (χ4v) is 1.91. The van der Waals surface area contributed by atoms with Gasteiger partial charge in [-0.3, -0.25) is 19.7 Å². The highest BCUT2D eigenvalue weighted by Crippen LogP contribution is 2.20. The summed E-state index contributed by atoms with van der Waals surface area (Å²) in [5.74, 6) is 0. The van der Waals surface area contributed by atoms with Crippen LogP contribution in [0, 0.1) is 10.1 Å². The predicted octanol–water partition coefficient (Wildman–Crippen LogP) is 2.04. The fourth-order valence-electron chi connectivity index (χ4n) is 1.91. The minimum Gasteiger partial charge on any atom is -0.298 e. The first-order valence-corrected chi connectivity index (χ1v) is 6.39. The molecule has 7 heteroatoms. The smallest absolute Gasteiger partial charge is 0.277 e. The number of nitrogens with zero attached hydrogens (tertiary/aromatic N) is 3. The maximum absolute atomic E-state index is 11.9. The molecule has 0 amide bonds. The quantitative estimate of drug-likeness (QED) is 0.476. The third-order valence-electron chi connectivity index (χ3n) is 2.94. The number of carbonyl (C=O) groups excluding carboxylic acids is 1. The average Bonchev–Trinajstić information content (AvgIpc) is 2.49. The number of aromatic nitrogens is 2. The minimum absolute atomic E-state index is 0.0202. The number of rotatable bonds is 5. The fraction of sp³-hybridized carbons (Fsp3) is 0.214. The molecular weight excluding hydrogens is 274 g/mol. The van der Waals surface area contributed by atoms with Gasteiger partial charge < -0.3 is 0 Å². The number of aldehydes is 1. The molecule has 0 aliphatic rings. The van der Waals surface area contributed by atoms with Gasteiger partial charge in [-0.15, -0.1) is 0 Å². The van der Waals surface area contributed by atoms with Crippen LogP contribution in [0.3, 0.4) is 0 Å². The number of hydrogen-bond acceptors (Lipinski definition) is 5. The highest BCUT2D eigenvalue weighted by atomic mass is 16.6. The Bertz CT molecular complexity index is 735. The molecule has 1 aromatic carbocycles. The van der Waals surface area contributed by atoms with Gasteiger partial charge in [-0.05, 0) is 24.6 Å². The van der Waals surface area contributed by atoms with Crippen molar-refractivity contribution in [3.8, 4) is 11.3 Å². The zero-order valence-corrected chi connectivity index (χ0v) is 11.4. The Morgan fingerprint density at radius 2 is 2.00 bits per heavy atom. The van der Waals surface area contributed by atoms with E-state index in [-0.39, 0.29) is 11.3 Å². The van der Waals surface area contributed by atoms with Crippen LogP contribution < -0.4 is 5.56 Å². The lowest BCUT2D eigenvalue weighted by atomic mass is 10.1. The van der Waals surface area contributed by atoms with Gasteiger partial charge in [0.05, 0.1) is 16.2 Å². The first-order chi connectivity index (χ1) is 10.1. The van der Waals surface area contributed by atoms with Gasteiger partial charge in [0.1, 0.15) is 0 Å². The molecule has 21 heavy (non-hydrogen) atoms. The van der Waals surface area contributed by atoms with Gasteiger partial charge in [0, 0.05) is 24.2 Å². The summed E-state index contributed by atoms with van der Waals surface area (Å²) in [6, 6.07) is 7.17. The van der Waals surface area contributed by atoms with E-state index < -0.39 is 10.5 Å². The molecule has 0 saturated carbocycles. The van der Waals surface area contributed by atoms with Gasteiger partial charge in [0.15, 0.2) is 6.29 Å². The number of nitro benzene ring substituents is 1. The number of benzene rings is 1. The molecule has 0 fully saturated rings. The van der Waals surface area contributed by atoms with E-state index >= 15 is 0 Å². The second-order valence-electron chi connectivity index (χ2n) is 4.44. The summed E-state index contributed by atoms with van der Waals surface area (Å²) in [6.07, 6.45) is 1.19. The molecule has 0 aliphatic carbocycles. The molecule has 0 saturated heterocycles. The van der Waals surface area contributed by atoms with Crippen LogP contribution in [0.5, 0.6) is 0 Å². The number of aryl methyl sites for hydroxylation is 1. The van der Waals surface area contributed by atoms with E-state index in [1.54, 1.807) is 0 Å². The Morgan fingerprint density at radius 1 is 1.33 bits per heavy atom. The number of non-ortho nitro benzene ring substituents is 1. The summed E-state index contributed by atoms with van der Waals surface area (Å²) < 4.78 is 1.24. The van der Waals surface area contributed by atoms with Crippen molar-refractivity contribution >= 4 is 12.0 Å². The first-order valence-electron chi connectivity index (χ1n) is 6.39. The molecule has 2 aromatic rings. The molecule has 0 radical (unpaired) electrons. The predicted molar refractivity (Wildman–Crippen MR) is 76.3 cm³/mol. The molecule has 108 valence electrons. The lowest BCUT2D eigenvalue weighted by Crippen LogP contribution is -2.26. The van der Waals surface area contributed by atoms with Crippen molar-refractivity contribution in [3.63, 3.8) is 0 Å². The van der Waals surface area contributed by atoms with Gasteiger partial charge in [-0.25, -0.2) is 4.68 Å². The lowest BCUT2D eigenvalue weighted by molar-refractivity contribution is -0.384. The Hall–Kier alpha value is -2.83. The largest absolute Gasteiger partial charge is 0.298 e. The van der Waals surface area contributed by atoms with E-state index in [9.17, 15) is 19.7 Å². The topological polar surface area (TPSA) is 95.1 Å². The van der Waals surface area contributed by atoms with E-state index in [0.29, 0.717) is 30.5 Å². The second kappa shape index (κ2) is 6.08. The lowest BCUT2D eigenvalue weighted by Gasteiger charge is -2.07. The summed E-state index contributed by atoms with van der Waals surface area (Å²) in [5.41, 5.74) is 0.592. The molecule has 1 heterocycles. The molecule has 7 nitrogen and oxygen atoms in total. The minimum atomic E-state index is -0.494. The summed E-state index contributed by atoms with van der Waals surface area (Å²) in [6.45, 7) is 2.30. The van der Waals surface area contributed by atoms with Crippen molar-refractivity contribution in [1.29, 1.82) is 0 Å². The van der Waals surface area contributed by atoms with Crippen molar-refractivity contribution in [3.05, 3.63) is 56.4 Å².